The predicted molar refractivity (Wildman–Crippen MR) is 65.9 cm³/mol. The first-order chi connectivity index (χ1) is 8.29. The van der Waals surface area contributed by atoms with Gasteiger partial charge < -0.3 is 10.1 Å². The quantitative estimate of drug-likeness (QED) is 0.762. The van der Waals surface area contributed by atoms with Crippen molar-refractivity contribution < 1.29 is 4.74 Å². The summed E-state index contributed by atoms with van der Waals surface area (Å²) < 4.78 is 7.06. The topological polar surface area (TPSA) is 51.5 Å². The van der Waals surface area contributed by atoms with E-state index in [2.05, 4.69) is 15.4 Å². The van der Waals surface area contributed by atoms with Crippen LogP contribution in [0.15, 0.2) is 18.5 Å². The SMILES string of the molecule is CCOCCNCc1cnc2cc(C)nn2c1. The van der Waals surface area contributed by atoms with Crippen LogP contribution in [0.5, 0.6) is 0 Å². The molecule has 0 saturated carbocycles. The molecule has 0 spiro atoms. The molecule has 0 aromatic carbocycles. The van der Waals surface area contributed by atoms with Crippen LogP contribution >= 0.6 is 0 Å². The fraction of sp³-hybridized carbons (Fsp3) is 0.500. The summed E-state index contributed by atoms with van der Waals surface area (Å²) in [6, 6.07) is 1.96. The number of aromatic nitrogens is 3. The second-order valence-corrected chi connectivity index (χ2v) is 3.92. The van der Waals surface area contributed by atoms with Crippen molar-refractivity contribution in [3.05, 3.63) is 29.7 Å². The second kappa shape index (κ2) is 5.75. The molecule has 0 atom stereocenters. The Kier molecular flexibility index (Phi) is 4.06. The van der Waals surface area contributed by atoms with Crippen LogP contribution in [0.2, 0.25) is 0 Å². The Morgan fingerprint density at radius 2 is 2.35 bits per heavy atom. The third-order valence-electron chi connectivity index (χ3n) is 2.45. The zero-order valence-corrected chi connectivity index (χ0v) is 10.3. The van der Waals surface area contributed by atoms with Gasteiger partial charge in [-0.3, -0.25) is 0 Å². The van der Waals surface area contributed by atoms with Crippen molar-refractivity contribution in [3.8, 4) is 0 Å². The Labute approximate surface area is 101 Å². The highest BCUT2D eigenvalue weighted by Crippen LogP contribution is 2.04. The lowest BCUT2D eigenvalue weighted by molar-refractivity contribution is 0.149. The maximum Gasteiger partial charge on any atom is 0.155 e. The highest BCUT2D eigenvalue weighted by molar-refractivity contribution is 5.38. The van der Waals surface area contributed by atoms with Crippen LogP contribution < -0.4 is 5.32 Å². The Hall–Kier alpha value is -1.46. The minimum atomic E-state index is 0.743. The normalized spacial score (nSPS) is 11.2. The molecule has 2 aromatic rings. The second-order valence-electron chi connectivity index (χ2n) is 3.92. The zero-order chi connectivity index (χ0) is 12.1. The van der Waals surface area contributed by atoms with E-state index in [0.29, 0.717) is 0 Å². The van der Waals surface area contributed by atoms with Gasteiger partial charge in [-0.05, 0) is 13.8 Å². The van der Waals surface area contributed by atoms with Crippen molar-refractivity contribution in [1.82, 2.24) is 19.9 Å². The van der Waals surface area contributed by atoms with Crippen LogP contribution in [-0.2, 0) is 11.3 Å². The van der Waals surface area contributed by atoms with Gasteiger partial charge in [0.1, 0.15) is 0 Å². The fourth-order valence-electron chi connectivity index (χ4n) is 1.65. The first kappa shape index (κ1) is 12.0. The van der Waals surface area contributed by atoms with Crippen LogP contribution in [0.3, 0.4) is 0 Å². The molecule has 1 N–H and O–H groups in total. The molecular formula is C12H18N4O. The van der Waals surface area contributed by atoms with E-state index < -0.39 is 0 Å². The van der Waals surface area contributed by atoms with Crippen LogP contribution in [0.25, 0.3) is 5.65 Å². The molecule has 0 saturated heterocycles. The fourth-order valence-corrected chi connectivity index (χ4v) is 1.65. The number of fused-ring (bicyclic) bond motifs is 1. The number of aryl methyl sites for hydroxylation is 1. The lowest BCUT2D eigenvalue weighted by Crippen LogP contribution is -2.19. The number of nitrogens with one attached hydrogen (secondary N) is 1. The number of hydrogen-bond acceptors (Lipinski definition) is 4. The number of ether oxygens (including phenoxy) is 1. The van der Waals surface area contributed by atoms with Crippen molar-refractivity contribution >= 4 is 5.65 Å². The average molecular weight is 234 g/mol. The van der Waals surface area contributed by atoms with Crippen molar-refractivity contribution in [2.24, 2.45) is 0 Å². The van der Waals surface area contributed by atoms with Crippen molar-refractivity contribution in [2.45, 2.75) is 20.4 Å². The van der Waals surface area contributed by atoms with Gasteiger partial charge in [0.05, 0.1) is 12.3 Å². The molecule has 0 unspecified atom stereocenters. The van der Waals surface area contributed by atoms with Gasteiger partial charge >= 0.3 is 0 Å². The van der Waals surface area contributed by atoms with E-state index in [1.165, 1.54) is 0 Å². The lowest BCUT2D eigenvalue weighted by atomic mass is 10.3. The molecule has 17 heavy (non-hydrogen) atoms. The molecule has 0 aliphatic heterocycles. The van der Waals surface area contributed by atoms with E-state index in [1.807, 2.05) is 36.8 Å². The molecule has 0 bridgehead atoms. The van der Waals surface area contributed by atoms with E-state index >= 15 is 0 Å². The first-order valence-electron chi connectivity index (χ1n) is 5.89. The summed E-state index contributed by atoms with van der Waals surface area (Å²) in [6.07, 6.45) is 3.88. The number of nitrogens with zero attached hydrogens (tertiary/aromatic N) is 3. The molecule has 0 fully saturated rings. The summed E-state index contributed by atoms with van der Waals surface area (Å²) >= 11 is 0. The Bertz CT molecular complexity index is 480. The van der Waals surface area contributed by atoms with Gasteiger partial charge in [-0.2, -0.15) is 5.10 Å². The molecular weight excluding hydrogens is 216 g/mol. The molecule has 2 heterocycles. The number of hydrogen-bond donors (Lipinski definition) is 1. The van der Waals surface area contributed by atoms with E-state index in [4.69, 9.17) is 4.74 Å². The summed E-state index contributed by atoms with van der Waals surface area (Å²) in [5, 5.41) is 7.64. The van der Waals surface area contributed by atoms with E-state index in [0.717, 1.165) is 43.2 Å². The molecule has 5 nitrogen and oxygen atoms in total. The van der Waals surface area contributed by atoms with E-state index in [9.17, 15) is 0 Å². The molecule has 2 aromatic heterocycles. The van der Waals surface area contributed by atoms with Gasteiger partial charge in [-0.15, -0.1) is 0 Å². The van der Waals surface area contributed by atoms with E-state index in [1.54, 1.807) is 0 Å². The zero-order valence-electron chi connectivity index (χ0n) is 10.3. The minimum Gasteiger partial charge on any atom is -0.380 e. The van der Waals surface area contributed by atoms with E-state index in [-0.39, 0.29) is 0 Å². The third kappa shape index (κ3) is 3.25. The van der Waals surface area contributed by atoms with Crippen LogP contribution in [0.4, 0.5) is 0 Å². The average Bonchev–Trinajstić information content (AvgIpc) is 2.68. The van der Waals surface area contributed by atoms with Gasteiger partial charge in [-0.1, -0.05) is 0 Å². The number of rotatable bonds is 6. The molecule has 0 aliphatic carbocycles. The Balaban J connectivity index is 1.90. The van der Waals surface area contributed by atoms with Crippen LogP contribution in [-0.4, -0.2) is 34.4 Å². The Morgan fingerprint density at radius 1 is 1.47 bits per heavy atom. The van der Waals surface area contributed by atoms with Crippen molar-refractivity contribution in [3.63, 3.8) is 0 Å². The predicted octanol–water partition coefficient (Wildman–Crippen LogP) is 1.16. The van der Waals surface area contributed by atoms with Crippen LogP contribution in [0.1, 0.15) is 18.2 Å². The monoisotopic (exact) mass is 234 g/mol. The molecule has 5 heteroatoms. The first-order valence-corrected chi connectivity index (χ1v) is 5.89. The highest BCUT2D eigenvalue weighted by Gasteiger charge is 2.00. The largest absolute Gasteiger partial charge is 0.380 e. The molecule has 0 radical (unpaired) electrons. The van der Waals surface area contributed by atoms with Gasteiger partial charge in [0, 0.05) is 43.7 Å². The standard InChI is InChI=1S/C12H18N4O/c1-3-17-5-4-13-7-11-8-14-12-6-10(2)15-16(12)9-11/h6,8-9,13H,3-5,7H2,1-2H3. The summed E-state index contributed by atoms with van der Waals surface area (Å²) in [7, 11) is 0. The summed E-state index contributed by atoms with van der Waals surface area (Å²) in [5.74, 6) is 0. The third-order valence-corrected chi connectivity index (χ3v) is 2.45. The maximum absolute atomic E-state index is 5.25. The maximum atomic E-state index is 5.25. The highest BCUT2D eigenvalue weighted by atomic mass is 16.5. The Morgan fingerprint density at radius 3 is 3.18 bits per heavy atom. The summed E-state index contributed by atoms with van der Waals surface area (Å²) in [5.41, 5.74) is 3.00. The van der Waals surface area contributed by atoms with Crippen LogP contribution in [0, 0.1) is 6.92 Å². The molecule has 0 aliphatic rings. The molecule has 2 rings (SSSR count). The van der Waals surface area contributed by atoms with Gasteiger partial charge in [0.25, 0.3) is 0 Å². The van der Waals surface area contributed by atoms with Crippen molar-refractivity contribution in [1.29, 1.82) is 0 Å². The lowest BCUT2D eigenvalue weighted by Gasteiger charge is -2.04. The van der Waals surface area contributed by atoms with Gasteiger partial charge in [-0.25, -0.2) is 9.50 Å². The van der Waals surface area contributed by atoms with Gasteiger partial charge in [0.15, 0.2) is 5.65 Å². The summed E-state index contributed by atoms with van der Waals surface area (Å²) in [6.45, 7) is 7.11. The van der Waals surface area contributed by atoms with Crippen molar-refractivity contribution in [2.75, 3.05) is 19.8 Å². The molecule has 92 valence electrons. The van der Waals surface area contributed by atoms with Gasteiger partial charge in [0.2, 0.25) is 0 Å². The smallest absolute Gasteiger partial charge is 0.155 e. The summed E-state index contributed by atoms with van der Waals surface area (Å²) in [4.78, 5) is 4.35. The molecule has 0 amide bonds. The minimum absolute atomic E-state index is 0.743.